The van der Waals surface area contributed by atoms with Crippen LogP contribution in [0.15, 0.2) is 24.8 Å². The van der Waals surface area contributed by atoms with Gasteiger partial charge in [0.1, 0.15) is 0 Å². The lowest BCUT2D eigenvalue weighted by Crippen LogP contribution is -2.39. The van der Waals surface area contributed by atoms with E-state index in [0.717, 1.165) is 6.08 Å². The van der Waals surface area contributed by atoms with Crippen molar-refractivity contribution in [3.05, 3.63) is 24.8 Å². The van der Waals surface area contributed by atoms with E-state index in [9.17, 15) is 19.5 Å². The van der Waals surface area contributed by atoms with Gasteiger partial charge in [-0.15, -0.1) is 0 Å². The van der Waals surface area contributed by atoms with Crippen molar-refractivity contribution in [2.24, 2.45) is 23.2 Å². The first-order valence-electron chi connectivity index (χ1n) is 6.74. The summed E-state index contributed by atoms with van der Waals surface area (Å²) in [6.07, 6.45) is 5.74. The average Bonchev–Trinajstić information content (AvgIpc) is 3.01. The van der Waals surface area contributed by atoms with Gasteiger partial charge in [-0.3, -0.25) is 9.59 Å². The molecule has 0 saturated heterocycles. The average molecular weight is 294 g/mol. The molecule has 0 heterocycles. The molecule has 21 heavy (non-hydrogen) atoms. The molecular formula is C15H18O6. The van der Waals surface area contributed by atoms with Crippen molar-refractivity contribution in [2.75, 3.05) is 13.7 Å². The molecule has 2 rings (SSSR count). The summed E-state index contributed by atoms with van der Waals surface area (Å²) in [5, 5.41) is 9.38. The molecule has 1 fully saturated rings. The van der Waals surface area contributed by atoms with Crippen molar-refractivity contribution in [3.63, 3.8) is 0 Å². The highest BCUT2D eigenvalue weighted by Gasteiger charge is 2.60. The molecular weight excluding hydrogens is 276 g/mol. The fourth-order valence-electron chi connectivity index (χ4n) is 3.55. The molecule has 0 spiro atoms. The third kappa shape index (κ3) is 2.57. The van der Waals surface area contributed by atoms with Crippen LogP contribution in [-0.4, -0.2) is 36.7 Å². The highest BCUT2D eigenvalue weighted by molar-refractivity contribution is 5.84. The molecule has 4 unspecified atom stereocenters. The first-order valence-corrected chi connectivity index (χ1v) is 6.74. The number of carboxylic acid groups (broad SMARTS) is 1. The Hall–Kier alpha value is -2.11. The number of hydrogen-bond donors (Lipinski definition) is 1. The van der Waals surface area contributed by atoms with E-state index in [2.05, 4.69) is 6.58 Å². The number of allylic oxidation sites excluding steroid dienone is 2. The van der Waals surface area contributed by atoms with E-state index in [0.29, 0.717) is 12.8 Å². The second-order valence-corrected chi connectivity index (χ2v) is 5.45. The van der Waals surface area contributed by atoms with E-state index >= 15 is 0 Å². The Labute approximate surface area is 122 Å². The van der Waals surface area contributed by atoms with Gasteiger partial charge >= 0.3 is 17.9 Å². The zero-order chi connectivity index (χ0) is 15.6. The molecule has 0 amide bonds. The highest BCUT2D eigenvalue weighted by atomic mass is 16.5. The molecule has 2 aliphatic carbocycles. The van der Waals surface area contributed by atoms with E-state index in [1.54, 1.807) is 0 Å². The number of methoxy groups -OCH3 is 1. The van der Waals surface area contributed by atoms with Gasteiger partial charge in [0.2, 0.25) is 0 Å². The lowest BCUT2D eigenvalue weighted by molar-refractivity contribution is -0.159. The van der Waals surface area contributed by atoms with E-state index in [1.807, 2.05) is 12.2 Å². The summed E-state index contributed by atoms with van der Waals surface area (Å²) in [5.41, 5.74) is -0.609. The minimum absolute atomic E-state index is 0.113. The standard InChI is InChI=1S/C15H18O6/c1-3-10(16)21-7-6-15-5-4-9(8-15)11(13(17)18)12(15)14(19)20-2/h3-5,9,11-12H,1,6-8H2,2H3,(H,17,18). The molecule has 1 N–H and O–H groups in total. The Balaban J connectivity index is 2.18. The van der Waals surface area contributed by atoms with E-state index in [4.69, 9.17) is 9.47 Å². The van der Waals surface area contributed by atoms with Gasteiger partial charge in [-0.1, -0.05) is 18.7 Å². The molecule has 4 atom stereocenters. The van der Waals surface area contributed by atoms with Gasteiger partial charge in [-0.05, 0) is 18.8 Å². The second kappa shape index (κ2) is 5.71. The number of hydrogen-bond acceptors (Lipinski definition) is 5. The van der Waals surface area contributed by atoms with Crippen LogP contribution in [0.5, 0.6) is 0 Å². The van der Waals surface area contributed by atoms with Gasteiger partial charge in [0.05, 0.1) is 25.6 Å². The molecule has 0 radical (unpaired) electrons. The summed E-state index contributed by atoms with van der Waals surface area (Å²) in [6.45, 7) is 3.42. The Morgan fingerprint density at radius 2 is 2.19 bits per heavy atom. The summed E-state index contributed by atoms with van der Waals surface area (Å²) in [4.78, 5) is 34.6. The minimum atomic E-state index is -0.996. The summed E-state index contributed by atoms with van der Waals surface area (Å²) in [6, 6.07) is 0. The van der Waals surface area contributed by atoms with Crippen LogP contribution in [0.25, 0.3) is 0 Å². The van der Waals surface area contributed by atoms with Gasteiger partial charge in [0.25, 0.3) is 0 Å². The Bertz CT molecular complexity index is 508. The third-order valence-electron chi connectivity index (χ3n) is 4.45. The topological polar surface area (TPSA) is 89.9 Å². The van der Waals surface area contributed by atoms with Crippen molar-refractivity contribution < 1.29 is 29.0 Å². The van der Waals surface area contributed by atoms with Gasteiger partial charge in [0.15, 0.2) is 0 Å². The number of aliphatic carboxylic acids is 1. The van der Waals surface area contributed by atoms with Crippen LogP contribution in [0.2, 0.25) is 0 Å². The number of carboxylic acids is 1. The van der Waals surface area contributed by atoms with Crippen molar-refractivity contribution >= 4 is 17.9 Å². The maximum atomic E-state index is 12.0. The number of carbonyl (C=O) groups is 3. The Morgan fingerprint density at radius 3 is 2.76 bits per heavy atom. The molecule has 0 aliphatic heterocycles. The third-order valence-corrected chi connectivity index (χ3v) is 4.45. The molecule has 2 bridgehead atoms. The fourth-order valence-corrected chi connectivity index (χ4v) is 3.55. The smallest absolute Gasteiger partial charge is 0.330 e. The fraction of sp³-hybridized carbons (Fsp3) is 0.533. The summed E-state index contributed by atoms with van der Waals surface area (Å²) < 4.78 is 9.75. The Kier molecular flexibility index (Phi) is 4.16. The number of ether oxygens (including phenoxy) is 2. The largest absolute Gasteiger partial charge is 0.481 e. The van der Waals surface area contributed by atoms with Gasteiger partial charge < -0.3 is 14.6 Å². The van der Waals surface area contributed by atoms with Gasteiger partial charge in [-0.25, -0.2) is 4.79 Å². The van der Waals surface area contributed by atoms with Crippen LogP contribution < -0.4 is 0 Å². The molecule has 2 aliphatic rings. The Morgan fingerprint density at radius 1 is 1.48 bits per heavy atom. The number of carbonyl (C=O) groups excluding carboxylic acids is 2. The normalized spacial score (nSPS) is 32.7. The maximum Gasteiger partial charge on any atom is 0.330 e. The number of esters is 2. The summed E-state index contributed by atoms with van der Waals surface area (Å²) in [7, 11) is 1.25. The number of fused-ring (bicyclic) bond motifs is 2. The van der Waals surface area contributed by atoms with Crippen LogP contribution >= 0.6 is 0 Å². The van der Waals surface area contributed by atoms with Crippen LogP contribution in [0, 0.1) is 23.2 Å². The second-order valence-electron chi connectivity index (χ2n) is 5.45. The van der Waals surface area contributed by atoms with Crippen LogP contribution in [0.4, 0.5) is 0 Å². The monoisotopic (exact) mass is 294 g/mol. The molecule has 6 heteroatoms. The van der Waals surface area contributed by atoms with Crippen LogP contribution in [-0.2, 0) is 23.9 Å². The van der Waals surface area contributed by atoms with Crippen molar-refractivity contribution in [1.29, 1.82) is 0 Å². The molecule has 114 valence electrons. The molecule has 0 aromatic carbocycles. The van der Waals surface area contributed by atoms with Gasteiger partial charge in [0, 0.05) is 11.5 Å². The lowest BCUT2D eigenvalue weighted by Gasteiger charge is -2.32. The highest BCUT2D eigenvalue weighted by Crippen LogP contribution is 2.58. The molecule has 1 saturated carbocycles. The van der Waals surface area contributed by atoms with Gasteiger partial charge in [-0.2, -0.15) is 0 Å². The van der Waals surface area contributed by atoms with Crippen LogP contribution in [0.3, 0.4) is 0 Å². The zero-order valence-electron chi connectivity index (χ0n) is 11.8. The molecule has 0 aromatic rings. The predicted molar refractivity (Wildman–Crippen MR) is 72.1 cm³/mol. The minimum Gasteiger partial charge on any atom is -0.481 e. The quantitative estimate of drug-likeness (QED) is 0.449. The van der Waals surface area contributed by atoms with Crippen molar-refractivity contribution in [1.82, 2.24) is 0 Å². The first kappa shape index (κ1) is 15.3. The van der Waals surface area contributed by atoms with Crippen LogP contribution in [0.1, 0.15) is 12.8 Å². The zero-order valence-corrected chi connectivity index (χ0v) is 11.8. The summed E-state index contributed by atoms with van der Waals surface area (Å²) in [5.74, 6) is -3.75. The summed E-state index contributed by atoms with van der Waals surface area (Å²) >= 11 is 0. The molecule has 0 aromatic heterocycles. The lowest BCUT2D eigenvalue weighted by atomic mass is 9.71. The van der Waals surface area contributed by atoms with Crippen molar-refractivity contribution in [3.8, 4) is 0 Å². The predicted octanol–water partition coefficient (Wildman–Crippen LogP) is 1.17. The maximum absolute atomic E-state index is 12.0. The first-order chi connectivity index (χ1) is 9.95. The number of rotatable bonds is 6. The van der Waals surface area contributed by atoms with Crippen molar-refractivity contribution in [2.45, 2.75) is 12.8 Å². The van der Waals surface area contributed by atoms with E-state index in [-0.39, 0.29) is 12.5 Å². The SMILES string of the molecule is C=CC(=O)OCCC12C=CC(C1)C(C(=O)O)C2C(=O)OC. The van der Waals surface area contributed by atoms with E-state index in [1.165, 1.54) is 7.11 Å². The molecule has 6 nitrogen and oxygen atoms in total. The van der Waals surface area contributed by atoms with E-state index < -0.39 is 35.2 Å².